The molecule has 3 rings (SSSR count). The normalized spacial score (nSPS) is 10.7. The lowest BCUT2D eigenvalue weighted by atomic mass is 10.1. The molecule has 0 saturated carbocycles. The highest BCUT2D eigenvalue weighted by Gasteiger charge is 2.10. The molecule has 0 fully saturated rings. The van der Waals surface area contributed by atoms with Gasteiger partial charge in [0.15, 0.2) is 11.5 Å². The molecule has 23 heavy (non-hydrogen) atoms. The van der Waals surface area contributed by atoms with Gasteiger partial charge >= 0.3 is 0 Å². The zero-order valence-corrected chi connectivity index (χ0v) is 13.7. The van der Waals surface area contributed by atoms with Gasteiger partial charge in [-0.25, -0.2) is 0 Å². The van der Waals surface area contributed by atoms with Gasteiger partial charge in [-0.15, -0.1) is 0 Å². The number of hydrogen-bond donors (Lipinski definition) is 1. The van der Waals surface area contributed by atoms with Crippen LogP contribution in [0, 0.1) is 0 Å². The van der Waals surface area contributed by atoms with Crippen LogP contribution in [0.5, 0.6) is 11.5 Å². The van der Waals surface area contributed by atoms with Crippen LogP contribution in [0.2, 0.25) is 0 Å². The highest BCUT2D eigenvalue weighted by molar-refractivity contribution is 5.86. The largest absolute Gasteiger partial charge is 0.493 e. The van der Waals surface area contributed by atoms with Crippen molar-refractivity contribution in [2.24, 2.45) is 0 Å². The van der Waals surface area contributed by atoms with E-state index in [1.165, 1.54) is 0 Å². The van der Waals surface area contributed by atoms with E-state index in [-0.39, 0.29) is 0 Å². The van der Waals surface area contributed by atoms with Crippen molar-refractivity contribution in [2.45, 2.75) is 13.3 Å². The van der Waals surface area contributed by atoms with Gasteiger partial charge in [0, 0.05) is 23.2 Å². The van der Waals surface area contributed by atoms with Gasteiger partial charge in [-0.1, -0.05) is 6.92 Å². The minimum Gasteiger partial charge on any atom is -0.493 e. The van der Waals surface area contributed by atoms with Crippen molar-refractivity contribution in [1.82, 2.24) is 0 Å². The lowest BCUT2D eigenvalue weighted by Gasteiger charge is -2.08. The highest BCUT2D eigenvalue weighted by atomic mass is 16.5. The van der Waals surface area contributed by atoms with Gasteiger partial charge in [0.25, 0.3) is 0 Å². The summed E-state index contributed by atoms with van der Waals surface area (Å²) >= 11 is 0. The summed E-state index contributed by atoms with van der Waals surface area (Å²) in [5, 5.41) is 4.47. The maximum atomic E-state index is 5.96. The van der Waals surface area contributed by atoms with E-state index >= 15 is 0 Å². The standard InChI is InChI=1S/C19H21NO3/c1-4-9-20-15-6-8-16-14(10-15)12-18(23-16)13-5-7-17(21-2)19(11-13)22-3/h5-8,10-12,20H,4,9H2,1-3H3. The molecule has 0 spiro atoms. The molecule has 3 aromatic rings. The van der Waals surface area contributed by atoms with E-state index in [0.717, 1.165) is 40.9 Å². The number of fused-ring (bicyclic) bond motifs is 1. The van der Waals surface area contributed by atoms with Gasteiger partial charge in [0.2, 0.25) is 0 Å². The zero-order chi connectivity index (χ0) is 16.2. The summed E-state index contributed by atoms with van der Waals surface area (Å²) in [5.74, 6) is 2.21. The molecular weight excluding hydrogens is 290 g/mol. The molecule has 0 atom stereocenters. The monoisotopic (exact) mass is 311 g/mol. The van der Waals surface area contributed by atoms with E-state index < -0.39 is 0 Å². The second-order valence-corrected chi connectivity index (χ2v) is 5.36. The Hall–Kier alpha value is -2.62. The van der Waals surface area contributed by atoms with Crippen molar-refractivity contribution >= 4 is 16.7 Å². The van der Waals surface area contributed by atoms with E-state index in [4.69, 9.17) is 13.9 Å². The lowest BCUT2D eigenvalue weighted by Crippen LogP contribution is -1.98. The van der Waals surface area contributed by atoms with Crippen molar-refractivity contribution < 1.29 is 13.9 Å². The third kappa shape index (κ3) is 3.11. The Bertz CT molecular complexity index is 807. The summed E-state index contributed by atoms with van der Waals surface area (Å²) in [6.45, 7) is 3.12. The van der Waals surface area contributed by atoms with Crippen molar-refractivity contribution in [3.05, 3.63) is 42.5 Å². The highest BCUT2D eigenvalue weighted by Crippen LogP contribution is 2.35. The molecule has 0 radical (unpaired) electrons. The predicted octanol–water partition coefficient (Wildman–Crippen LogP) is 4.94. The molecule has 4 heteroatoms. The van der Waals surface area contributed by atoms with Gasteiger partial charge in [-0.2, -0.15) is 0 Å². The average Bonchev–Trinajstić information content (AvgIpc) is 3.02. The number of rotatable bonds is 6. The summed E-state index contributed by atoms with van der Waals surface area (Å²) in [4.78, 5) is 0. The molecule has 0 unspecified atom stereocenters. The van der Waals surface area contributed by atoms with Gasteiger partial charge in [-0.05, 0) is 48.9 Å². The van der Waals surface area contributed by atoms with Crippen molar-refractivity contribution in [3.8, 4) is 22.8 Å². The Morgan fingerprint density at radius 3 is 2.52 bits per heavy atom. The first-order chi connectivity index (χ1) is 11.2. The van der Waals surface area contributed by atoms with E-state index in [0.29, 0.717) is 11.5 Å². The molecule has 0 amide bonds. The first-order valence-corrected chi connectivity index (χ1v) is 7.75. The fourth-order valence-electron chi connectivity index (χ4n) is 2.55. The molecule has 1 aromatic heterocycles. The molecule has 120 valence electrons. The van der Waals surface area contributed by atoms with Crippen LogP contribution < -0.4 is 14.8 Å². The first-order valence-electron chi connectivity index (χ1n) is 7.75. The average molecular weight is 311 g/mol. The molecule has 4 nitrogen and oxygen atoms in total. The van der Waals surface area contributed by atoms with Crippen molar-refractivity contribution in [2.75, 3.05) is 26.1 Å². The molecule has 0 aliphatic carbocycles. The van der Waals surface area contributed by atoms with Crippen LogP contribution >= 0.6 is 0 Å². The van der Waals surface area contributed by atoms with Gasteiger partial charge in [0.1, 0.15) is 11.3 Å². The molecule has 0 bridgehead atoms. The van der Waals surface area contributed by atoms with E-state index in [2.05, 4.69) is 18.3 Å². The summed E-state index contributed by atoms with van der Waals surface area (Å²) in [5.41, 5.74) is 2.94. The Morgan fingerprint density at radius 1 is 0.957 bits per heavy atom. The Balaban J connectivity index is 1.96. The molecule has 1 N–H and O–H groups in total. The molecule has 1 heterocycles. The summed E-state index contributed by atoms with van der Waals surface area (Å²) in [7, 11) is 3.26. The molecule has 2 aromatic carbocycles. The van der Waals surface area contributed by atoms with Gasteiger partial charge < -0.3 is 19.2 Å². The number of furan rings is 1. The smallest absolute Gasteiger partial charge is 0.161 e. The zero-order valence-electron chi connectivity index (χ0n) is 13.7. The molecule has 0 aliphatic heterocycles. The van der Waals surface area contributed by atoms with Crippen molar-refractivity contribution in [3.63, 3.8) is 0 Å². The molecule has 0 saturated heterocycles. The van der Waals surface area contributed by atoms with Gasteiger partial charge in [0.05, 0.1) is 14.2 Å². The van der Waals surface area contributed by atoms with Crippen LogP contribution in [0.25, 0.3) is 22.3 Å². The van der Waals surface area contributed by atoms with Crippen LogP contribution in [-0.2, 0) is 0 Å². The number of benzene rings is 2. The second-order valence-electron chi connectivity index (χ2n) is 5.36. The van der Waals surface area contributed by atoms with Crippen LogP contribution in [0.4, 0.5) is 5.69 Å². The second kappa shape index (κ2) is 6.65. The first kappa shape index (κ1) is 15.3. The van der Waals surface area contributed by atoms with E-state index in [1.54, 1.807) is 14.2 Å². The Kier molecular flexibility index (Phi) is 4.42. The number of anilines is 1. The van der Waals surface area contributed by atoms with Crippen LogP contribution in [-0.4, -0.2) is 20.8 Å². The minimum absolute atomic E-state index is 0.691. The number of hydrogen-bond acceptors (Lipinski definition) is 4. The lowest BCUT2D eigenvalue weighted by molar-refractivity contribution is 0.355. The Morgan fingerprint density at radius 2 is 1.78 bits per heavy atom. The Labute approximate surface area is 136 Å². The summed E-state index contributed by atoms with van der Waals surface area (Å²) in [6.07, 6.45) is 1.10. The molecule has 0 aliphatic rings. The third-order valence-corrected chi connectivity index (χ3v) is 3.76. The van der Waals surface area contributed by atoms with Crippen molar-refractivity contribution in [1.29, 1.82) is 0 Å². The fourth-order valence-corrected chi connectivity index (χ4v) is 2.55. The molecular formula is C19H21NO3. The number of methoxy groups -OCH3 is 2. The number of ether oxygens (including phenoxy) is 2. The fraction of sp³-hybridized carbons (Fsp3) is 0.263. The maximum absolute atomic E-state index is 5.96. The quantitative estimate of drug-likeness (QED) is 0.700. The van der Waals surface area contributed by atoms with E-state index in [9.17, 15) is 0 Å². The van der Waals surface area contributed by atoms with Gasteiger partial charge in [-0.3, -0.25) is 0 Å². The SMILES string of the molecule is CCCNc1ccc2oc(-c3ccc(OC)c(OC)c3)cc2c1. The maximum Gasteiger partial charge on any atom is 0.161 e. The third-order valence-electron chi connectivity index (χ3n) is 3.76. The minimum atomic E-state index is 0.691. The topological polar surface area (TPSA) is 43.6 Å². The number of nitrogens with one attached hydrogen (secondary N) is 1. The van der Waals surface area contributed by atoms with Crippen LogP contribution in [0.3, 0.4) is 0 Å². The van der Waals surface area contributed by atoms with Crippen LogP contribution in [0.1, 0.15) is 13.3 Å². The summed E-state index contributed by atoms with van der Waals surface area (Å²) < 4.78 is 16.6. The predicted molar refractivity (Wildman–Crippen MR) is 93.5 cm³/mol. The van der Waals surface area contributed by atoms with Crippen LogP contribution in [0.15, 0.2) is 46.9 Å². The summed E-state index contributed by atoms with van der Waals surface area (Å²) in [6, 6.07) is 14.0. The van der Waals surface area contributed by atoms with E-state index in [1.807, 2.05) is 36.4 Å².